The Labute approximate surface area is 286 Å². The van der Waals surface area contributed by atoms with Crippen LogP contribution in [-0.4, -0.2) is 71.1 Å². The number of halogens is 1. The fourth-order valence-corrected chi connectivity index (χ4v) is 6.25. The van der Waals surface area contributed by atoms with Crippen LogP contribution in [0, 0.1) is 13.0 Å². The molecular formula is C27H22FN9O11S3. The zero-order chi connectivity index (χ0) is 37.6. The van der Waals surface area contributed by atoms with Crippen molar-refractivity contribution in [2.75, 3.05) is 17.7 Å². The van der Waals surface area contributed by atoms with Crippen LogP contribution in [0.25, 0.3) is 10.8 Å². The highest BCUT2D eigenvalue weighted by Crippen LogP contribution is 2.44. The molecule has 5 aromatic rings. The van der Waals surface area contributed by atoms with Gasteiger partial charge in [0.15, 0.2) is 5.75 Å². The highest BCUT2D eigenvalue weighted by Gasteiger charge is 2.24. The highest BCUT2D eigenvalue weighted by molar-refractivity contribution is 7.86. The Balaban J connectivity index is 1.53. The van der Waals surface area contributed by atoms with Gasteiger partial charge in [0.2, 0.25) is 11.9 Å². The molecule has 0 aliphatic carbocycles. The minimum atomic E-state index is -5.06. The van der Waals surface area contributed by atoms with Crippen molar-refractivity contribution in [1.82, 2.24) is 15.0 Å². The number of nitrogen functional groups attached to an aromatic ring is 1. The predicted octanol–water partition coefficient (Wildman–Crippen LogP) is 4.80. The van der Waals surface area contributed by atoms with Crippen molar-refractivity contribution >= 4 is 81.5 Å². The molecule has 51 heavy (non-hydrogen) atoms. The number of aromatic hydroxyl groups is 2. The van der Waals surface area contributed by atoms with E-state index in [4.69, 9.17) is 5.73 Å². The van der Waals surface area contributed by atoms with Gasteiger partial charge in [-0.3, -0.25) is 13.7 Å². The molecule has 0 amide bonds. The molecule has 0 aliphatic heterocycles. The van der Waals surface area contributed by atoms with Crippen LogP contribution in [0.4, 0.5) is 44.7 Å². The van der Waals surface area contributed by atoms with Crippen LogP contribution >= 0.6 is 0 Å². The van der Waals surface area contributed by atoms with E-state index >= 15 is 0 Å². The second kappa shape index (κ2) is 13.2. The van der Waals surface area contributed by atoms with Crippen molar-refractivity contribution in [3.05, 3.63) is 66.2 Å². The molecule has 20 nitrogen and oxygen atoms in total. The smallest absolute Gasteiger partial charge is 0.315 e. The van der Waals surface area contributed by atoms with E-state index in [1.165, 1.54) is 43.1 Å². The van der Waals surface area contributed by atoms with Gasteiger partial charge in [-0.2, -0.15) is 49.7 Å². The number of fused-ring (bicyclic) bond motifs is 1. The molecule has 7 N–H and O–H groups in total. The monoisotopic (exact) mass is 763 g/mol. The van der Waals surface area contributed by atoms with Crippen LogP contribution in [0.5, 0.6) is 11.5 Å². The normalized spacial score (nSPS) is 12.7. The number of hydrogen-bond donors (Lipinski definition) is 6. The molecule has 4 aromatic carbocycles. The van der Waals surface area contributed by atoms with Crippen molar-refractivity contribution in [3.8, 4) is 11.5 Å². The number of nitrogens with two attached hydrogens (primary N) is 1. The van der Waals surface area contributed by atoms with Gasteiger partial charge in [-0.25, -0.2) is 0 Å². The number of nitrogens with zero attached hydrogens (tertiary/aromatic N) is 8. The molecule has 0 radical (unpaired) electrons. The van der Waals surface area contributed by atoms with Crippen LogP contribution in [0.1, 0.15) is 5.56 Å². The summed E-state index contributed by atoms with van der Waals surface area (Å²) in [6.45, 7) is 1.43. The van der Waals surface area contributed by atoms with Crippen molar-refractivity contribution in [1.29, 1.82) is 0 Å². The number of anilines is 3. The molecular weight excluding hydrogens is 742 g/mol. The van der Waals surface area contributed by atoms with Crippen LogP contribution in [0.3, 0.4) is 0 Å². The summed E-state index contributed by atoms with van der Waals surface area (Å²) in [4.78, 5) is 9.45. The lowest BCUT2D eigenvalue weighted by atomic mass is 10.1. The maximum Gasteiger partial charge on any atom is 0.315 e. The zero-order valence-corrected chi connectivity index (χ0v) is 28.1. The summed E-state index contributed by atoms with van der Waals surface area (Å²) in [6.07, 6.45) is -1.15. The molecule has 1 heterocycles. The largest absolute Gasteiger partial charge is 0.506 e. The number of benzene rings is 4. The first-order valence-corrected chi connectivity index (χ1v) is 17.9. The van der Waals surface area contributed by atoms with E-state index in [1.54, 1.807) is 0 Å². The quantitative estimate of drug-likeness (QED) is 0.0866. The van der Waals surface area contributed by atoms with Crippen molar-refractivity contribution in [2.24, 2.45) is 20.5 Å². The third-order valence-electron chi connectivity index (χ3n) is 6.94. The Bertz CT molecular complexity index is 2640. The average molecular weight is 764 g/mol. The Morgan fingerprint density at radius 1 is 0.725 bits per heavy atom. The molecule has 0 saturated carbocycles. The molecule has 0 bridgehead atoms. The lowest BCUT2D eigenvalue weighted by Crippen LogP contribution is -2.15. The summed E-state index contributed by atoms with van der Waals surface area (Å²) in [7, 11) is -13.3. The van der Waals surface area contributed by atoms with Gasteiger partial charge >= 0.3 is 6.08 Å². The minimum Gasteiger partial charge on any atom is -0.506 e. The average Bonchev–Trinajstić information content (AvgIpc) is 3.02. The Morgan fingerprint density at radius 2 is 1.37 bits per heavy atom. The second-order valence-electron chi connectivity index (χ2n) is 10.4. The van der Waals surface area contributed by atoms with Crippen molar-refractivity contribution < 1.29 is 53.5 Å². The number of aryl methyl sites for hydroxylation is 1. The fraction of sp³-hybridized carbons (Fsp3) is 0.0741. The highest BCUT2D eigenvalue weighted by atomic mass is 32.2. The lowest BCUT2D eigenvalue weighted by molar-refractivity contribution is 0.471. The van der Waals surface area contributed by atoms with E-state index in [2.05, 4.69) is 35.4 Å². The third-order valence-corrected chi connectivity index (χ3v) is 9.55. The van der Waals surface area contributed by atoms with Gasteiger partial charge in [-0.05, 0) is 66.4 Å². The summed E-state index contributed by atoms with van der Waals surface area (Å²) in [5.74, 6) is -1.97. The van der Waals surface area contributed by atoms with Gasteiger partial charge in [0.05, 0.1) is 10.6 Å². The molecule has 266 valence electrons. The van der Waals surface area contributed by atoms with Gasteiger partial charge < -0.3 is 20.8 Å². The number of aromatic nitrogens is 3. The van der Waals surface area contributed by atoms with Crippen molar-refractivity contribution in [2.45, 2.75) is 21.6 Å². The van der Waals surface area contributed by atoms with Crippen molar-refractivity contribution in [3.63, 3.8) is 0 Å². The maximum atomic E-state index is 13.7. The SMILES string of the molecule is Cc1cc(/N=N/c2c(S(=O)(=O)O)cc3cc(N(C)c4nc(N)nc(F)n4)ccc3c2O)c(O)cc1/N=N/c1cc(S(=O)(=O)O)ccc1S(=O)(=O)O. The Hall–Kier alpha value is -5.79. The molecule has 0 aliphatic rings. The molecule has 0 unspecified atom stereocenters. The van der Waals surface area contributed by atoms with Gasteiger partial charge in [0.1, 0.15) is 32.6 Å². The first kappa shape index (κ1) is 36.5. The molecule has 0 fully saturated rings. The standard InChI is InChI=1S/C27H22FN9O11S3/c1-12-7-18(20(38)11-17(12)33-35-19-10-15(49(40,41)42)4-6-21(19)50(43,44)45)34-36-23-22(51(46,47)48)9-13-8-14(3-5-16(13)24(23)39)37(2)27-31-25(28)30-26(29)32-27/h3-11,38-39H,1-2H3,(H,40,41,42)(H,43,44,45)(H,46,47,48)(H2,29,30,31,32)/b35-33+,36-34+. The third kappa shape index (κ3) is 7.84. The number of hydrogen-bond acceptors (Lipinski definition) is 17. The van der Waals surface area contributed by atoms with E-state index in [0.717, 1.165) is 12.1 Å². The predicted molar refractivity (Wildman–Crippen MR) is 175 cm³/mol. The van der Waals surface area contributed by atoms with Gasteiger partial charge in [0.25, 0.3) is 30.4 Å². The molecule has 0 saturated heterocycles. The molecule has 0 spiro atoms. The molecule has 5 rings (SSSR count). The van der Waals surface area contributed by atoms with Gasteiger partial charge in [0, 0.05) is 24.2 Å². The number of phenols is 2. The van der Waals surface area contributed by atoms with E-state index < -0.39 is 79.9 Å². The summed E-state index contributed by atoms with van der Waals surface area (Å²) in [5, 5.41) is 36.8. The topological polar surface area (TPSA) is 321 Å². The molecule has 1 aromatic heterocycles. The number of phenolic OH excluding ortho intramolecular Hbond substituents is 2. The van der Waals surface area contributed by atoms with Crippen LogP contribution in [-0.2, 0) is 30.4 Å². The van der Waals surface area contributed by atoms with Crippen LogP contribution < -0.4 is 10.6 Å². The number of azo groups is 2. The van der Waals surface area contributed by atoms with E-state index in [-0.39, 0.29) is 39.3 Å². The molecule has 0 atom stereocenters. The van der Waals surface area contributed by atoms with E-state index in [0.29, 0.717) is 18.2 Å². The van der Waals surface area contributed by atoms with Crippen LogP contribution in [0.2, 0.25) is 0 Å². The number of rotatable bonds is 9. The van der Waals surface area contributed by atoms with Gasteiger partial charge in [-0.15, -0.1) is 15.3 Å². The summed E-state index contributed by atoms with van der Waals surface area (Å²) in [5.41, 5.74) is 4.14. The first-order valence-electron chi connectivity index (χ1n) is 13.6. The van der Waals surface area contributed by atoms with E-state index in [1.807, 2.05) is 0 Å². The lowest BCUT2D eigenvalue weighted by Gasteiger charge is -2.18. The second-order valence-corrected chi connectivity index (χ2v) is 14.6. The minimum absolute atomic E-state index is 0.0355. The van der Waals surface area contributed by atoms with Gasteiger partial charge in [-0.1, -0.05) is 0 Å². The Morgan fingerprint density at radius 3 is 2.00 bits per heavy atom. The summed E-state index contributed by atoms with van der Waals surface area (Å²) in [6, 6.07) is 9.31. The summed E-state index contributed by atoms with van der Waals surface area (Å²) >= 11 is 0. The van der Waals surface area contributed by atoms with E-state index in [9.17, 15) is 53.5 Å². The Kier molecular flexibility index (Phi) is 9.41. The molecule has 24 heteroatoms. The summed E-state index contributed by atoms with van der Waals surface area (Å²) < 4.78 is 114. The first-order chi connectivity index (χ1) is 23.6. The zero-order valence-electron chi connectivity index (χ0n) is 25.6. The maximum absolute atomic E-state index is 13.7. The van der Waals surface area contributed by atoms with Crippen LogP contribution in [0.15, 0.2) is 89.7 Å². The fourth-order valence-electron chi connectivity index (χ4n) is 4.48.